The van der Waals surface area contributed by atoms with Gasteiger partial charge >= 0.3 is 0 Å². The first-order valence-electron chi connectivity index (χ1n) is 5.63. The summed E-state index contributed by atoms with van der Waals surface area (Å²) >= 11 is 0. The molecule has 1 aromatic rings. The second kappa shape index (κ2) is 6.63. The van der Waals surface area contributed by atoms with Crippen molar-refractivity contribution in [3.63, 3.8) is 0 Å². The van der Waals surface area contributed by atoms with Gasteiger partial charge in [-0.15, -0.1) is 0 Å². The summed E-state index contributed by atoms with van der Waals surface area (Å²) < 4.78 is 5.25. The molecule has 1 aromatic carbocycles. The fourth-order valence-corrected chi connectivity index (χ4v) is 1.60. The van der Waals surface area contributed by atoms with Crippen molar-refractivity contribution in [3.05, 3.63) is 35.9 Å². The van der Waals surface area contributed by atoms with E-state index in [1.165, 1.54) is 0 Å². The summed E-state index contributed by atoms with van der Waals surface area (Å²) in [7, 11) is 1.69. The highest BCUT2D eigenvalue weighted by molar-refractivity contribution is 5.19. The van der Waals surface area contributed by atoms with Crippen molar-refractivity contribution in [1.82, 2.24) is 5.32 Å². The zero-order valence-corrected chi connectivity index (χ0v) is 10.2. The number of ether oxygens (including phenoxy) is 1. The Bertz CT molecular complexity index is 289. The fraction of sp³-hybridized carbons (Fsp3) is 0.538. The highest BCUT2D eigenvalue weighted by Crippen LogP contribution is 2.13. The molecule has 2 N–H and O–H groups in total. The summed E-state index contributed by atoms with van der Waals surface area (Å²) in [5.41, 5.74) is 1.10. The number of benzene rings is 1. The van der Waals surface area contributed by atoms with Gasteiger partial charge in [0, 0.05) is 13.2 Å². The van der Waals surface area contributed by atoms with Crippen molar-refractivity contribution in [3.8, 4) is 0 Å². The van der Waals surface area contributed by atoms with Gasteiger partial charge in [-0.25, -0.2) is 0 Å². The van der Waals surface area contributed by atoms with E-state index in [-0.39, 0.29) is 24.8 Å². The Labute approximate surface area is 97.4 Å². The fourth-order valence-electron chi connectivity index (χ4n) is 1.60. The minimum Gasteiger partial charge on any atom is -0.394 e. The molecule has 0 aliphatic carbocycles. The molecule has 3 nitrogen and oxygen atoms in total. The van der Waals surface area contributed by atoms with Crippen LogP contribution in [0, 0.1) is 0 Å². The minimum absolute atomic E-state index is 0.0335. The zero-order chi connectivity index (χ0) is 12.0. The van der Waals surface area contributed by atoms with Gasteiger partial charge in [0.15, 0.2) is 0 Å². The van der Waals surface area contributed by atoms with E-state index in [1.807, 2.05) is 37.3 Å². The molecule has 0 fully saturated rings. The van der Waals surface area contributed by atoms with E-state index in [9.17, 15) is 5.11 Å². The standard InChI is InChI=1S/C13H21NO2/c1-10(11(2)16-3)14-13(9-15)12-7-5-4-6-8-12/h4-8,10-11,13-15H,9H2,1-3H3. The third-order valence-electron chi connectivity index (χ3n) is 2.92. The molecule has 0 bridgehead atoms. The maximum atomic E-state index is 9.38. The largest absolute Gasteiger partial charge is 0.394 e. The quantitative estimate of drug-likeness (QED) is 0.771. The van der Waals surface area contributed by atoms with E-state index in [1.54, 1.807) is 7.11 Å². The number of rotatable bonds is 6. The van der Waals surface area contributed by atoms with Gasteiger partial charge in [-0.1, -0.05) is 30.3 Å². The van der Waals surface area contributed by atoms with Crippen LogP contribution in [0.1, 0.15) is 25.5 Å². The average molecular weight is 223 g/mol. The van der Waals surface area contributed by atoms with Gasteiger partial charge in [-0.3, -0.25) is 0 Å². The SMILES string of the molecule is COC(C)C(C)NC(CO)c1ccccc1. The number of aliphatic hydroxyl groups is 1. The lowest BCUT2D eigenvalue weighted by Crippen LogP contribution is -2.40. The zero-order valence-electron chi connectivity index (χ0n) is 10.2. The van der Waals surface area contributed by atoms with Crippen LogP contribution in [0.4, 0.5) is 0 Å². The second-order valence-corrected chi connectivity index (χ2v) is 4.04. The van der Waals surface area contributed by atoms with Crippen molar-refractivity contribution in [2.24, 2.45) is 0 Å². The highest BCUT2D eigenvalue weighted by atomic mass is 16.5. The molecule has 0 aliphatic rings. The maximum Gasteiger partial charge on any atom is 0.0693 e. The molecular weight excluding hydrogens is 202 g/mol. The summed E-state index contributed by atoms with van der Waals surface area (Å²) in [4.78, 5) is 0. The van der Waals surface area contributed by atoms with Crippen LogP contribution in [-0.2, 0) is 4.74 Å². The first kappa shape index (κ1) is 13.2. The Morgan fingerprint density at radius 2 is 1.88 bits per heavy atom. The molecule has 3 unspecified atom stereocenters. The number of hydrogen-bond acceptors (Lipinski definition) is 3. The van der Waals surface area contributed by atoms with Crippen molar-refractivity contribution in [2.75, 3.05) is 13.7 Å². The number of methoxy groups -OCH3 is 1. The van der Waals surface area contributed by atoms with Gasteiger partial charge in [-0.05, 0) is 19.4 Å². The summed E-state index contributed by atoms with van der Waals surface area (Å²) in [5, 5.41) is 12.7. The van der Waals surface area contributed by atoms with Crippen molar-refractivity contribution >= 4 is 0 Å². The van der Waals surface area contributed by atoms with E-state index >= 15 is 0 Å². The highest BCUT2D eigenvalue weighted by Gasteiger charge is 2.17. The van der Waals surface area contributed by atoms with E-state index in [0.29, 0.717) is 0 Å². The molecule has 0 saturated heterocycles. The Hall–Kier alpha value is -0.900. The minimum atomic E-state index is -0.0335. The van der Waals surface area contributed by atoms with Gasteiger partial charge in [0.1, 0.15) is 0 Å². The summed E-state index contributed by atoms with van der Waals surface area (Å²) in [6, 6.07) is 10.1. The molecule has 90 valence electrons. The molecular formula is C13H21NO2. The smallest absolute Gasteiger partial charge is 0.0693 e. The lowest BCUT2D eigenvalue weighted by molar-refractivity contribution is 0.0797. The summed E-state index contributed by atoms with van der Waals surface area (Å²) in [5.74, 6) is 0. The van der Waals surface area contributed by atoms with Crippen molar-refractivity contribution in [2.45, 2.75) is 32.0 Å². The Morgan fingerprint density at radius 1 is 1.25 bits per heavy atom. The molecule has 0 aliphatic heterocycles. The first-order chi connectivity index (χ1) is 7.69. The molecule has 0 heterocycles. The molecule has 0 saturated carbocycles. The molecule has 0 aromatic heterocycles. The predicted octanol–water partition coefficient (Wildman–Crippen LogP) is 1.73. The molecule has 3 heteroatoms. The van der Waals surface area contributed by atoms with E-state index in [2.05, 4.69) is 12.2 Å². The van der Waals surface area contributed by atoms with Crippen LogP contribution < -0.4 is 5.32 Å². The van der Waals surface area contributed by atoms with E-state index < -0.39 is 0 Å². The lowest BCUT2D eigenvalue weighted by atomic mass is 10.1. The number of nitrogens with one attached hydrogen (secondary N) is 1. The van der Waals surface area contributed by atoms with Gasteiger partial charge in [0.05, 0.1) is 18.8 Å². The van der Waals surface area contributed by atoms with E-state index in [4.69, 9.17) is 4.74 Å². The van der Waals surface area contributed by atoms with Crippen LogP contribution in [0.5, 0.6) is 0 Å². The molecule has 16 heavy (non-hydrogen) atoms. The first-order valence-corrected chi connectivity index (χ1v) is 5.63. The monoisotopic (exact) mass is 223 g/mol. The van der Waals surface area contributed by atoms with Crippen LogP contribution in [0.15, 0.2) is 30.3 Å². The maximum absolute atomic E-state index is 9.38. The molecule has 1 rings (SSSR count). The van der Waals surface area contributed by atoms with Crippen molar-refractivity contribution < 1.29 is 9.84 Å². The van der Waals surface area contributed by atoms with Crippen LogP contribution in [-0.4, -0.2) is 31.0 Å². The molecule has 0 spiro atoms. The summed E-state index contributed by atoms with van der Waals surface area (Å²) in [6.45, 7) is 4.15. The Balaban J connectivity index is 2.62. The third kappa shape index (κ3) is 3.59. The summed E-state index contributed by atoms with van der Waals surface area (Å²) in [6.07, 6.45) is 0.123. The topological polar surface area (TPSA) is 41.5 Å². The normalized spacial score (nSPS) is 16.8. The van der Waals surface area contributed by atoms with Gasteiger partial charge < -0.3 is 15.2 Å². The van der Waals surface area contributed by atoms with Gasteiger partial charge in [-0.2, -0.15) is 0 Å². The van der Waals surface area contributed by atoms with Crippen molar-refractivity contribution in [1.29, 1.82) is 0 Å². The predicted molar refractivity (Wildman–Crippen MR) is 65.3 cm³/mol. The third-order valence-corrected chi connectivity index (χ3v) is 2.92. The number of hydrogen-bond donors (Lipinski definition) is 2. The average Bonchev–Trinajstić information content (AvgIpc) is 2.35. The molecule has 3 atom stereocenters. The molecule has 0 amide bonds. The second-order valence-electron chi connectivity index (χ2n) is 4.04. The number of aliphatic hydroxyl groups excluding tert-OH is 1. The molecule has 0 radical (unpaired) electrons. The van der Waals surface area contributed by atoms with Crippen LogP contribution in [0.25, 0.3) is 0 Å². The Morgan fingerprint density at radius 3 is 2.38 bits per heavy atom. The van der Waals surface area contributed by atoms with Crippen LogP contribution >= 0.6 is 0 Å². The van der Waals surface area contributed by atoms with Crippen LogP contribution in [0.2, 0.25) is 0 Å². The van der Waals surface area contributed by atoms with Gasteiger partial charge in [0.2, 0.25) is 0 Å². The lowest BCUT2D eigenvalue weighted by Gasteiger charge is -2.25. The van der Waals surface area contributed by atoms with Gasteiger partial charge in [0.25, 0.3) is 0 Å². The van der Waals surface area contributed by atoms with E-state index in [0.717, 1.165) is 5.56 Å². The Kier molecular flexibility index (Phi) is 5.46. The van der Waals surface area contributed by atoms with Crippen LogP contribution in [0.3, 0.4) is 0 Å².